The molecule has 5 nitrogen and oxygen atoms in total. The molecule has 162 valence electrons. The second kappa shape index (κ2) is 9.37. The molecule has 1 aromatic carbocycles. The van der Waals surface area contributed by atoms with Gasteiger partial charge in [0, 0.05) is 30.5 Å². The van der Waals surface area contributed by atoms with Crippen LogP contribution in [0.5, 0.6) is 5.75 Å². The van der Waals surface area contributed by atoms with Crippen molar-refractivity contribution < 1.29 is 13.9 Å². The summed E-state index contributed by atoms with van der Waals surface area (Å²) in [6.07, 6.45) is 6.61. The average Bonchev–Trinajstić information content (AvgIpc) is 3.35. The highest BCUT2D eigenvalue weighted by Crippen LogP contribution is 2.60. The van der Waals surface area contributed by atoms with Crippen LogP contribution in [-0.2, 0) is 4.74 Å². The molecule has 1 aliphatic heterocycles. The Morgan fingerprint density at radius 2 is 2.14 bits per heavy atom. The minimum atomic E-state index is -0.342. The molecule has 0 radical (unpaired) electrons. The molecule has 1 aromatic rings. The van der Waals surface area contributed by atoms with Crippen molar-refractivity contribution in [2.45, 2.75) is 64.1 Å². The summed E-state index contributed by atoms with van der Waals surface area (Å²) in [7, 11) is 1.48. The fraction of sp³-hybridized carbons (Fsp3) is 0.682. The van der Waals surface area contributed by atoms with Gasteiger partial charge in [0.15, 0.2) is 17.5 Å². The van der Waals surface area contributed by atoms with Gasteiger partial charge in [-0.3, -0.25) is 4.99 Å². The molecule has 2 aliphatic carbocycles. The van der Waals surface area contributed by atoms with Crippen LogP contribution in [0.2, 0.25) is 0 Å². The topological polar surface area (TPSA) is 54.9 Å². The van der Waals surface area contributed by atoms with E-state index >= 15 is 0 Å². The quantitative estimate of drug-likeness (QED) is 0.345. The Hall–Kier alpha value is -1.09. The van der Waals surface area contributed by atoms with Crippen LogP contribution in [0.1, 0.15) is 57.6 Å². The van der Waals surface area contributed by atoms with Gasteiger partial charge in [-0.15, -0.1) is 24.0 Å². The lowest BCUT2D eigenvalue weighted by molar-refractivity contribution is -0.125. The van der Waals surface area contributed by atoms with E-state index in [1.165, 1.54) is 38.9 Å². The number of benzene rings is 1. The van der Waals surface area contributed by atoms with Crippen LogP contribution in [0.15, 0.2) is 23.2 Å². The van der Waals surface area contributed by atoms with Gasteiger partial charge in [0.05, 0.1) is 19.3 Å². The molecule has 2 saturated carbocycles. The first kappa shape index (κ1) is 22.6. The molecule has 1 saturated heterocycles. The first-order valence-corrected chi connectivity index (χ1v) is 10.6. The van der Waals surface area contributed by atoms with E-state index in [-0.39, 0.29) is 47.0 Å². The van der Waals surface area contributed by atoms with E-state index in [1.807, 2.05) is 19.9 Å². The van der Waals surface area contributed by atoms with Crippen molar-refractivity contribution >= 4 is 29.9 Å². The van der Waals surface area contributed by atoms with Crippen molar-refractivity contribution in [3.63, 3.8) is 0 Å². The van der Waals surface area contributed by atoms with E-state index in [2.05, 4.69) is 15.6 Å². The van der Waals surface area contributed by atoms with Crippen molar-refractivity contribution in [2.24, 2.45) is 16.3 Å². The van der Waals surface area contributed by atoms with E-state index in [0.29, 0.717) is 24.6 Å². The van der Waals surface area contributed by atoms with Gasteiger partial charge >= 0.3 is 0 Å². The molecule has 4 unspecified atom stereocenters. The second-order valence-corrected chi connectivity index (χ2v) is 8.39. The van der Waals surface area contributed by atoms with Crippen LogP contribution in [0.4, 0.5) is 4.39 Å². The molecule has 1 spiro atoms. The highest BCUT2D eigenvalue weighted by atomic mass is 127. The second-order valence-electron chi connectivity index (χ2n) is 8.39. The Kier molecular flexibility index (Phi) is 7.30. The van der Waals surface area contributed by atoms with Gasteiger partial charge in [0.25, 0.3) is 0 Å². The number of hydrogen-bond acceptors (Lipinski definition) is 3. The number of guanidine groups is 1. The number of methoxy groups -OCH3 is 1. The standard InChI is InChI=1S/C22H32FN3O2.HI/c1-4-24-21(25-14(2)15-7-8-18(27-3)17(23)13-15)26-19-16-9-12-28-20(16)22(19)10-5-6-11-22;/h7-8,13-14,16,19-20H,4-6,9-12H2,1-3H3,(H2,24,25,26);1H. The molecule has 0 bridgehead atoms. The van der Waals surface area contributed by atoms with Gasteiger partial charge in [-0.1, -0.05) is 18.9 Å². The van der Waals surface area contributed by atoms with Crippen molar-refractivity contribution in [3.8, 4) is 5.75 Å². The Balaban J connectivity index is 0.00000240. The third kappa shape index (κ3) is 4.09. The van der Waals surface area contributed by atoms with Gasteiger partial charge in [-0.2, -0.15) is 0 Å². The summed E-state index contributed by atoms with van der Waals surface area (Å²) in [6.45, 7) is 5.64. The monoisotopic (exact) mass is 517 g/mol. The van der Waals surface area contributed by atoms with E-state index in [4.69, 9.17) is 9.47 Å². The predicted octanol–water partition coefficient (Wildman–Crippen LogP) is 4.42. The summed E-state index contributed by atoms with van der Waals surface area (Å²) in [5.74, 6) is 1.32. The van der Waals surface area contributed by atoms with Gasteiger partial charge in [-0.25, -0.2) is 4.39 Å². The summed E-state index contributed by atoms with van der Waals surface area (Å²) >= 11 is 0. The molecule has 3 aliphatic rings. The van der Waals surface area contributed by atoms with E-state index in [0.717, 1.165) is 24.6 Å². The zero-order valence-corrected chi connectivity index (χ0v) is 19.9. The zero-order chi connectivity index (χ0) is 19.7. The van der Waals surface area contributed by atoms with Gasteiger partial charge in [-0.05, 0) is 50.8 Å². The third-order valence-electron chi connectivity index (χ3n) is 6.92. The molecule has 0 amide bonds. The number of hydrogen-bond donors (Lipinski definition) is 2. The van der Waals surface area contributed by atoms with E-state index in [9.17, 15) is 4.39 Å². The molecule has 3 fully saturated rings. The summed E-state index contributed by atoms with van der Waals surface area (Å²) < 4.78 is 25.2. The maximum atomic E-state index is 14.1. The first-order chi connectivity index (χ1) is 13.6. The number of nitrogens with zero attached hydrogens (tertiary/aromatic N) is 1. The minimum absolute atomic E-state index is 0. The Morgan fingerprint density at radius 1 is 1.38 bits per heavy atom. The van der Waals surface area contributed by atoms with Crippen LogP contribution < -0.4 is 15.4 Å². The molecule has 4 rings (SSSR count). The smallest absolute Gasteiger partial charge is 0.191 e. The fourth-order valence-electron chi connectivity index (χ4n) is 5.58. The average molecular weight is 517 g/mol. The van der Waals surface area contributed by atoms with Crippen LogP contribution in [0.25, 0.3) is 0 Å². The van der Waals surface area contributed by atoms with Gasteiger partial charge in [0.1, 0.15) is 0 Å². The lowest BCUT2D eigenvalue weighted by Gasteiger charge is -2.57. The number of fused-ring (bicyclic) bond motifs is 2. The Labute approximate surface area is 190 Å². The van der Waals surface area contributed by atoms with Crippen molar-refractivity contribution in [2.75, 3.05) is 20.3 Å². The maximum Gasteiger partial charge on any atom is 0.191 e. The zero-order valence-electron chi connectivity index (χ0n) is 17.5. The summed E-state index contributed by atoms with van der Waals surface area (Å²) in [6, 6.07) is 5.45. The SMILES string of the molecule is CCN=C(NC(C)c1ccc(OC)c(F)c1)NC1C2CCOC2C12CCCC2.I. The van der Waals surface area contributed by atoms with E-state index < -0.39 is 0 Å². The lowest BCUT2D eigenvalue weighted by atomic mass is 9.54. The molecular weight excluding hydrogens is 484 g/mol. The predicted molar refractivity (Wildman–Crippen MR) is 124 cm³/mol. The number of halogens is 2. The van der Waals surface area contributed by atoms with Crippen LogP contribution >= 0.6 is 24.0 Å². The first-order valence-electron chi connectivity index (χ1n) is 10.6. The van der Waals surface area contributed by atoms with Crippen LogP contribution in [0, 0.1) is 17.2 Å². The molecule has 4 atom stereocenters. The molecule has 1 heterocycles. The summed E-state index contributed by atoms with van der Waals surface area (Å²) in [5.41, 5.74) is 1.14. The summed E-state index contributed by atoms with van der Waals surface area (Å²) in [4.78, 5) is 4.67. The highest BCUT2D eigenvalue weighted by Gasteiger charge is 2.65. The highest BCUT2D eigenvalue weighted by molar-refractivity contribution is 14.0. The maximum absolute atomic E-state index is 14.1. The van der Waals surface area contributed by atoms with Crippen molar-refractivity contribution in [3.05, 3.63) is 29.6 Å². The number of aliphatic imine (C=N–C) groups is 1. The van der Waals surface area contributed by atoms with Crippen LogP contribution in [0.3, 0.4) is 0 Å². The summed E-state index contributed by atoms with van der Waals surface area (Å²) in [5, 5.41) is 7.21. The fourth-order valence-corrected chi connectivity index (χ4v) is 5.58. The number of rotatable bonds is 5. The van der Waals surface area contributed by atoms with Gasteiger partial charge in [0.2, 0.25) is 0 Å². The van der Waals surface area contributed by atoms with E-state index in [1.54, 1.807) is 6.07 Å². The molecule has 29 heavy (non-hydrogen) atoms. The Bertz CT molecular complexity index is 739. The number of ether oxygens (including phenoxy) is 2. The van der Waals surface area contributed by atoms with Gasteiger partial charge < -0.3 is 20.1 Å². The largest absolute Gasteiger partial charge is 0.494 e. The van der Waals surface area contributed by atoms with Crippen LogP contribution in [-0.4, -0.2) is 38.4 Å². The third-order valence-corrected chi connectivity index (χ3v) is 6.92. The molecular formula is C22H33FIN3O2. The Morgan fingerprint density at radius 3 is 2.79 bits per heavy atom. The number of nitrogens with one attached hydrogen (secondary N) is 2. The van der Waals surface area contributed by atoms with Crippen molar-refractivity contribution in [1.29, 1.82) is 0 Å². The van der Waals surface area contributed by atoms with Crippen molar-refractivity contribution in [1.82, 2.24) is 10.6 Å². The molecule has 2 N–H and O–H groups in total. The lowest BCUT2D eigenvalue weighted by Crippen LogP contribution is -2.69. The normalized spacial score (nSPS) is 28.3. The molecule has 0 aromatic heterocycles. The molecule has 7 heteroatoms. The minimum Gasteiger partial charge on any atom is -0.494 e.